The Bertz CT molecular complexity index is 178. The molecule has 0 radical (unpaired) electrons. The molecular formula is C11H22N2. The molecule has 0 aliphatic carbocycles. The van der Waals surface area contributed by atoms with Gasteiger partial charge in [-0.25, -0.2) is 0 Å². The van der Waals surface area contributed by atoms with E-state index in [0.29, 0.717) is 0 Å². The second-order valence-corrected chi connectivity index (χ2v) is 4.93. The number of rotatable bonds is 4. The molecular weight excluding hydrogens is 160 g/mol. The molecule has 0 aromatic rings. The first-order valence-corrected chi connectivity index (χ1v) is 4.70. The van der Waals surface area contributed by atoms with Gasteiger partial charge < -0.3 is 9.98 Å². The lowest BCUT2D eigenvalue weighted by Gasteiger charge is -2.29. The van der Waals surface area contributed by atoms with E-state index in [1.165, 1.54) is 0 Å². The zero-order valence-electron chi connectivity index (χ0n) is 9.76. The van der Waals surface area contributed by atoms with Crippen molar-refractivity contribution in [1.82, 2.24) is 0 Å². The first-order chi connectivity index (χ1) is 5.83. The molecule has 0 saturated carbocycles. The molecule has 0 amide bonds. The van der Waals surface area contributed by atoms with Gasteiger partial charge in [-0.3, -0.25) is 0 Å². The summed E-state index contributed by atoms with van der Waals surface area (Å²) in [6, 6.07) is 0. The fraction of sp³-hybridized carbons (Fsp3) is 0.818. The average molecular weight is 182 g/mol. The van der Waals surface area contributed by atoms with E-state index >= 15 is 0 Å². The second-order valence-electron chi connectivity index (χ2n) is 4.93. The van der Waals surface area contributed by atoms with Crippen LogP contribution in [-0.2, 0) is 0 Å². The summed E-state index contributed by atoms with van der Waals surface area (Å²) < 4.78 is 0. The van der Waals surface area contributed by atoms with E-state index in [2.05, 4.69) is 37.7 Å². The van der Waals surface area contributed by atoms with Crippen LogP contribution < -0.4 is 0 Å². The molecule has 76 valence electrons. The molecule has 0 heterocycles. The summed E-state index contributed by atoms with van der Waals surface area (Å²) in [5, 5.41) is 0. The standard InChI is InChI=1S/C11H22N2/c1-10(2,8-12-5)7-11(3,4)9-13-6/h8-9H,7H2,1-6H3/b12-8+,13-9+. The third kappa shape index (κ3) is 5.56. The molecule has 0 saturated heterocycles. The summed E-state index contributed by atoms with van der Waals surface area (Å²) in [4.78, 5) is 8.16. The quantitative estimate of drug-likeness (QED) is 0.597. The Balaban J connectivity index is 4.41. The van der Waals surface area contributed by atoms with E-state index in [9.17, 15) is 0 Å². The smallest absolute Gasteiger partial charge is 0.0273 e. The first kappa shape index (κ1) is 12.3. The highest BCUT2D eigenvalue weighted by molar-refractivity contribution is 5.69. The fourth-order valence-electron chi connectivity index (χ4n) is 1.96. The summed E-state index contributed by atoms with van der Waals surface area (Å²) in [5.74, 6) is 0. The summed E-state index contributed by atoms with van der Waals surface area (Å²) in [6.45, 7) is 8.80. The monoisotopic (exact) mass is 182 g/mol. The van der Waals surface area contributed by atoms with Crippen molar-refractivity contribution in [3.63, 3.8) is 0 Å². The van der Waals surface area contributed by atoms with E-state index in [-0.39, 0.29) is 10.8 Å². The van der Waals surface area contributed by atoms with Crippen molar-refractivity contribution in [1.29, 1.82) is 0 Å². The van der Waals surface area contributed by atoms with Crippen LogP contribution in [0.25, 0.3) is 0 Å². The van der Waals surface area contributed by atoms with Crippen LogP contribution in [0, 0.1) is 10.8 Å². The highest BCUT2D eigenvalue weighted by Gasteiger charge is 2.25. The molecule has 0 spiro atoms. The normalized spacial score (nSPS) is 14.6. The third-order valence-electron chi connectivity index (χ3n) is 1.87. The molecule has 0 fully saturated rings. The van der Waals surface area contributed by atoms with E-state index in [1.54, 1.807) is 0 Å². The van der Waals surface area contributed by atoms with Gasteiger partial charge in [-0.05, 0) is 6.42 Å². The molecule has 2 nitrogen and oxygen atoms in total. The van der Waals surface area contributed by atoms with Crippen LogP contribution in [0.1, 0.15) is 34.1 Å². The molecule has 13 heavy (non-hydrogen) atoms. The minimum atomic E-state index is 0.152. The number of hydrogen-bond acceptors (Lipinski definition) is 2. The minimum Gasteiger partial charge on any atom is -0.300 e. The van der Waals surface area contributed by atoms with Crippen molar-refractivity contribution in [3.8, 4) is 0 Å². The molecule has 0 unspecified atom stereocenters. The second kappa shape index (κ2) is 4.54. The largest absolute Gasteiger partial charge is 0.300 e. The Kier molecular flexibility index (Phi) is 4.31. The summed E-state index contributed by atoms with van der Waals surface area (Å²) >= 11 is 0. The van der Waals surface area contributed by atoms with Crippen LogP contribution in [0.3, 0.4) is 0 Å². The van der Waals surface area contributed by atoms with Crippen LogP contribution in [-0.4, -0.2) is 26.5 Å². The third-order valence-corrected chi connectivity index (χ3v) is 1.87. The SMILES string of the molecule is C/N=C/C(C)(C)CC(C)(C)/C=N/C. The van der Waals surface area contributed by atoms with Crippen LogP contribution in [0.4, 0.5) is 0 Å². The predicted octanol–water partition coefficient (Wildman–Crippen LogP) is 2.83. The van der Waals surface area contributed by atoms with Gasteiger partial charge in [0.15, 0.2) is 0 Å². The van der Waals surface area contributed by atoms with E-state index in [1.807, 2.05) is 26.5 Å². The number of aliphatic imine (C=N–C) groups is 2. The Morgan fingerprint density at radius 2 is 1.15 bits per heavy atom. The average Bonchev–Trinajstić information content (AvgIpc) is 1.82. The van der Waals surface area contributed by atoms with Gasteiger partial charge >= 0.3 is 0 Å². The van der Waals surface area contributed by atoms with Gasteiger partial charge in [0.2, 0.25) is 0 Å². The lowest BCUT2D eigenvalue weighted by atomic mass is 9.76. The zero-order chi connectivity index (χ0) is 10.5. The Labute approximate surface area is 82.2 Å². The van der Waals surface area contributed by atoms with Gasteiger partial charge in [0.05, 0.1) is 0 Å². The Hall–Kier alpha value is -0.660. The van der Waals surface area contributed by atoms with Crippen LogP contribution in [0.15, 0.2) is 9.98 Å². The van der Waals surface area contributed by atoms with Crippen molar-refractivity contribution in [3.05, 3.63) is 0 Å². The molecule has 0 bridgehead atoms. The summed E-state index contributed by atoms with van der Waals surface area (Å²) in [5.41, 5.74) is 0.304. The Morgan fingerprint density at radius 3 is 1.38 bits per heavy atom. The molecule has 0 aliphatic rings. The molecule has 0 aromatic carbocycles. The first-order valence-electron chi connectivity index (χ1n) is 4.70. The van der Waals surface area contributed by atoms with Gasteiger partial charge in [-0.1, -0.05) is 27.7 Å². The topological polar surface area (TPSA) is 24.7 Å². The minimum absolute atomic E-state index is 0.152. The maximum absolute atomic E-state index is 4.08. The zero-order valence-corrected chi connectivity index (χ0v) is 9.76. The van der Waals surface area contributed by atoms with Crippen LogP contribution in [0.5, 0.6) is 0 Å². The Morgan fingerprint density at radius 1 is 0.846 bits per heavy atom. The fourth-order valence-corrected chi connectivity index (χ4v) is 1.96. The molecule has 0 N–H and O–H groups in total. The van der Waals surface area contributed by atoms with E-state index in [0.717, 1.165) is 6.42 Å². The van der Waals surface area contributed by atoms with Gasteiger partial charge in [-0.15, -0.1) is 0 Å². The van der Waals surface area contributed by atoms with Crippen molar-refractivity contribution in [2.24, 2.45) is 20.8 Å². The van der Waals surface area contributed by atoms with Crippen molar-refractivity contribution >= 4 is 12.4 Å². The molecule has 0 rings (SSSR count). The number of hydrogen-bond donors (Lipinski definition) is 0. The highest BCUT2D eigenvalue weighted by Crippen LogP contribution is 2.30. The van der Waals surface area contributed by atoms with Crippen LogP contribution in [0.2, 0.25) is 0 Å². The number of nitrogens with zero attached hydrogens (tertiary/aromatic N) is 2. The predicted molar refractivity (Wildman–Crippen MR) is 61.0 cm³/mol. The van der Waals surface area contributed by atoms with Crippen molar-refractivity contribution in [2.45, 2.75) is 34.1 Å². The lowest BCUT2D eigenvalue weighted by molar-refractivity contribution is 0.349. The maximum atomic E-state index is 4.08. The molecule has 0 aliphatic heterocycles. The maximum Gasteiger partial charge on any atom is 0.0273 e. The van der Waals surface area contributed by atoms with Gasteiger partial charge in [0.1, 0.15) is 0 Å². The lowest BCUT2D eigenvalue weighted by Crippen LogP contribution is -2.25. The van der Waals surface area contributed by atoms with E-state index < -0.39 is 0 Å². The van der Waals surface area contributed by atoms with Gasteiger partial charge in [-0.2, -0.15) is 0 Å². The van der Waals surface area contributed by atoms with Crippen molar-refractivity contribution < 1.29 is 0 Å². The van der Waals surface area contributed by atoms with Crippen molar-refractivity contribution in [2.75, 3.05) is 14.1 Å². The molecule has 0 atom stereocenters. The van der Waals surface area contributed by atoms with Crippen LogP contribution >= 0.6 is 0 Å². The summed E-state index contributed by atoms with van der Waals surface area (Å²) in [6.07, 6.45) is 5.09. The molecule has 2 heteroatoms. The summed E-state index contributed by atoms with van der Waals surface area (Å²) in [7, 11) is 3.64. The van der Waals surface area contributed by atoms with E-state index in [4.69, 9.17) is 0 Å². The highest BCUT2D eigenvalue weighted by atomic mass is 14.7. The van der Waals surface area contributed by atoms with Gasteiger partial charge in [0.25, 0.3) is 0 Å². The molecule has 0 aromatic heterocycles. The van der Waals surface area contributed by atoms with Gasteiger partial charge in [0, 0.05) is 37.4 Å².